The Hall–Kier alpha value is -1.34. The first kappa shape index (κ1) is 13.1. The molecule has 0 saturated carbocycles. The van der Waals surface area contributed by atoms with Gasteiger partial charge in [0.05, 0.1) is 24.3 Å². The fourth-order valence-corrected chi connectivity index (χ4v) is 4.23. The van der Waals surface area contributed by atoms with Crippen LogP contribution in [0.25, 0.3) is 0 Å². The van der Waals surface area contributed by atoms with Crippen molar-refractivity contribution in [3.63, 3.8) is 0 Å². The van der Waals surface area contributed by atoms with Crippen molar-refractivity contribution in [3.8, 4) is 0 Å². The molecule has 2 rings (SSSR count). The summed E-state index contributed by atoms with van der Waals surface area (Å²) in [6.07, 6.45) is 1.84. The van der Waals surface area contributed by atoms with E-state index in [1.165, 1.54) is 12.3 Å². The molecule has 1 unspecified atom stereocenters. The molecule has 0 spiro atoms. The summed E-state index contributed by atoms with van der Waals surface area (Å²) in [5, 5.41) is 12.0. The average Bonchev–Trinajstić information content (AvgIpc) is 2.81. The predicted molar refractivity (Wildman–Crippen MR) is 64.2 cm³/mol. The van der Waals surface area contributed by atoms with E-state index < -0.39 is 21.3 Å². The van der Waals surface area contributed by atoms with Crippen molar-refractivity contribution in [2.24, 2.45) is 0 Å². The van der Waals surface area contributed by atoms with Crippen LogP contribution in [-0.2, 0) is 16.4 Å². The fourth-order valence-electron chi connectivity index (χ4n) is 2.11. The maximum atomic E-state index is 11.4. The number of rotatable bonds is 4. The van der Waals surface area contributed by atoms with E-state index in [1.54, 1.807) is 0 Å². The van der Waals surface area contributed by atoms with Crippen molar-refractivity contribution in [1.29, 1.82) is 0 Å². The lowest BCUT2D eigenvalue weighted by molar-refractivity contribution is 0.0694. The van der Waals surface area contributed by atoms with Crippen LogP contribution < -0.4 is 5.32 Å². The molecule has 1 aromatic heterocycles. The molecule has 2 N–H and O–H groups in total. The summed E-state index contributed by atoms with van der Waals surface area (Å²) in [4.78, 5) is 10.9. The Balaban J connectivity index is 2.04. The van der Waals surface area contributed by atoms with E-state index in [9.17, 15) is 13.2 Å². The second-order valence-electron chi connectivity index (χ2n) is 4.82. The lowest BCUT2D eigenvalue weighted by Crippen LogP contribution is -2.42. The fraction of sp³-hybridized carbons (Fsp3) is 0.545. The van der Waals surface area contributed by atoms with E-state index in [-0.39, 0.29) is 23.6 Å². The Labute approximate surface area is 105 Å². The van der Waals surface area contributed by atoms with Crippen LogP contribution in [0.15, 0.2) is 16.7 Å². The van der Waals surface area contributed by atoms with Gasteiger partial charge >= 0.3 is 5.97 Å². The molecule has 1 saturated heterocycles. The molecule has 0 aromatic carbocycles. The van der Waals surface area contributed by atoms with Gasteiger partial charge < -0.3 is 14.8 Å². The van der Waals surface area contributed by atoms with Crippen molar-refractivity contribution in [3.05, 3.63) is 23.7 Å². The third-order valence-electron chi connectivity index (χ3n) is 3.15. The lowest BCUT2D eigenvalue weighted by Gasteiger charge is -2.23. The summed E-state index contributed by atoms with van der Waals surface area (Å²) < 4.78 is 27.9. The molecule has 0 aliphatic carbocycles. The first-order chi connectivity index (χ1) is 8.31. The molecule has 0 radical (unpaired) electrons. The van der Waals surface area contributed by atoms with Crippen molar-refractivity contribution in [2.45, 2.75) is 25.4 Å². The van der Waals surface area contributed by atoms with Crippen LogP contribution >= 0.6 is 0 Å². The van der Waals surface area contributed by atoms with Gasteiger partial charge in [-0.25, -0.2) is 13.2 Å². The number of carbonyl (C=O) groups is 1. The number of furan rings is 1. The van der Waals surface area contributed by atoms with Gasteiger partial charge in [0.1, 0.15) is 11.3 Å². The summed E-state index contributed by atoms with van der Waals surface area (Å²) in [6, 6.07) is 1.38. The van der Waals surface area contributed by atoms with Crippen molar-refractivity contribution < 1.29 is 22.7 Å². The Morgan fingerprint density at radius 3 is 2.89 bits per heavy atom. The van der Waals surface area contributed by atoms with Crippen LogP contribution in [0, 0.1) is 0 Å². The molecule has 1 aliphatic rings. The van der Waals surface area contributed by atoms with E-state index in [0.717, 1.165) is 0 Å². The highest BCUT2D eigenvalue weighted by Gasteiger charge is 2.38. The average molecular weight is 273 g/mol. The first-order valence-electron chi connectivity index (χ1n) is 5.56. The Morgan fingerprint density at radius 2 is 2.33 bits per heavy atom. The number of carboxylic acid groups (broad SMARTS) is 1. The van der Waals surface area contributed by atoms with Crippen molar-refractivity contribution >= 4 is 15.8 Å². The number of carboxylic acids is 1. The zero-order chi connectivity index (χ0) is 13.4. The second kappa shape index (κ2) is 4.40. The lowest BCUT2D eigenvalue weighted by atomic mass is 10.0. The minimum absolute atomic E-state index is 0.0725. The Bertz CT molecular complexity index is 562. The molecule has 7 heteroatoms. The minimum atomic E-state index is -2.98. The van der Waals surface area contributed by atoms with Crippen molar-refractivity contribution in [1.82, 2.24) is 5.32 Å². The van der Waals surface area contributed by atoms with E-state index in [4.69, 9.17) is 9.52 Å². The van der Waals surface area contributed by atoms with Crippen LogP contribution in [0.2, 0.25) is 0 Å². The summed E-state index contributed by atoms with van der Waals surface area (Å²) in [7, 11) is -2.98. The van der Waals surface area contributed by atoms with Crippen LogP contribution in [0.5, 0.6) is 0 Å². The molecular weight excluding hydrogens is 258 g/mol. The van der Waals surface area contributed by atoms with Gasteiger partial charge in [-0.3, -0.25) is 0 Å². The Morgan fingerprint density at radius 1 is 1.61 bits per heavy atom. The molecule has 1 aromatic rings. The molecule has 100 valence electrons. The van der Waals surface area contributed by atoms with Gasteiger partial charge in [-0.05, 0) is 19.4 Å². The standard InChI is InChI=1S/C11H15NO5S/c1-11(3-5-18(15,16)7-11)12-6-9-8(10(13)14)2-4-17-9/h2,4,12H,3,5-7H2,1H3,(H,13,14). The predicted octanol–water partition coefficient (Wildman–Crippen LogP) is 0.645. The zero-order valence-electron chi connectivity index (χ0n) is 9.97. The zero-order valence-corrected chi connectivity index (χ0v) is 10.8. The van der Waals surface area contributed by atoms with E-state index in [1.807, 2.05) is 6.92 Å². The SMILES string of the molecule is CC1(NCc2occc2C(=O)O)CCS(=O)(=O)C1. The molecular formula is C11H15NO5S. The van der Waals surface area contributed by atoms with Crippen LogP contribution in [0.1, 0.15) is 29.5 Å². The van der Waals surface area contributed by atoms with Gasteiger partial charge in [-0.1, -0.05) is 0 Å². The smallest absolute Gasteiger partial charge is 0.339 e. The highest BCUT2D eigenvalue weighted by Crippen LogP contribution is 2.23. The molecule has 0 bridgehead atoms. The molecule has 1 aliphatic heterocycles. The summed E-state index contributed by atoms with van der Waals surface area (Å²) in [5.74, 6) is -0.499. The molecule has 2 heterocycles. The van der Waals surface area contributed by atoms with Gasteiger partial charge in [-0.2, -0.15) is 0 Å². The van der Waals surface area contributed by atoms with Gasteiger partial charge in [0.15, 0.2) is 9.84 Å². The molecule has 1 atom stereocenters. The number of nitrogens with one attached hydrogen (secondary N) is 1. The monoisotopic (exact) mass is 273 g/mol. The van der Waals surface area contributed by atoms with Crippen LogP contribution in [0.4, 0.5) is 0 Å². The molecule has 6 nitrogen and oxygen atoms in total. The normalized spacial score (nSPS) is 26.3. The van der Waals surface area contributed by atoms with Gasteiger partial charge in [0.25, 0.3) is 0 Å². The van der Waals surface area contributed by atoms with Crippen LogP contribution in [-0.4, -0.2) is 36.5 Å². The maximum absolute atomic E-state index is 11.4. The van der Waals surface area contributed by atoms with Gasteiger partial charge in [0, 0.05) is 5.54 Å². The number of hydrogen-bond acceptors (Lipinski definition) is 5. The first-order valence-corrected chi connectivity index (χ1v) is 7.39. The number of sulfone groups is 1. The second-order valence-corrected chi connectivity index (χ2v) is 7.00. The minimum Gasteiger partial charge on any atom is -0.478 e. The summed E-state index contributed by atoms with van der Waals surface area (Å²) in [5.41, 5.74) is -0.409. The van der Waals surface area contributed by atoms with E-state index in [2.05, 4.69) is 5.32 Å². The third kappa shape index (κ3) is 2.73. The largest absolute Gasteiger partial charge is 0.478 e. The van der Waals surface area contributed by atoms with Crippen LogP contribution in [0.3, 0.4) is 0 Å². The summed E-state index contributed by atoms with van der Waals surface area (Å²) >= 11 is 0. The topological polar surface area (TPSA) is 96.6 Å². The molecule has 18 heavy (non-hydrogen) atoms. The third-order valence-corrected chi connectivity index (χ3v) is 5.06. The quantitative estimate of drug-likeness (QED) is 0.836. The molecule has 0 amide bonds. The van der Waals surface area contributed by atoms with E-state index in [0.29, 0.717) is 12.2 Å². The van der Waals surface area contributed by atoms with Gasteiger partial charge in [0.2, 0.25) is 0 Å². The highest BCUT2D eigenvalue weighted by atomic mass is 32.2. The van der Waals surface area contributed by atoms with E-state index >= 15 is 0 Å². The molecule has 1 fully saturated rings. The number of hydrogen-bond donors (Lipinski definition) is 2. The number of aromatic carboxylic acids is 1. The highest BCUT2D eigenvalue weighted by molar-refractivity contribution is 7.91. The maximum Gasteiger partial charge on any atom is 0.339 e. The summed E-state index contributed by atoms with van der Waals surface area (Å²) in [6.45, 7) is 2.03. The van der Waals surface area contributed by atoms with Gasteiger partial charge in [-0.15, -0.1) is 0 Å². The van der Waals surface area contributed by atoms with Crippen molar-refractivity contribution in [2.75, 3.05) is 11.5 Å². The Kier molecular flexibility index (Phi) is 3.20.